The molecule has 3 aromatic carbocycles. The van der Waals surface area contributed by atoms with E-state index in [1.54, 1.807) is 7.11 Å². The molecular weight excluding hydrogens is 308 g/mol. The minimum atomic E-state index is 0.829. The fraction of sp³-hybridized carbons (Fsp3) is 0.136. The first kappa shape index (κ1) is 16.8. The van der Waals surface area contributed by atoms with Gasteiger partial charge in [-0.1, -0.05) is 42.5 Å². The van der Waals surface area contributed by atoms with Gasteiger partial charge >= 0.3 is 0 Å². The van der Waals surface area contributed by atoms with Crippen molar-refractivity contribution in [2.45, 2.75) is 0 Å². The Bertz CT molecular complexity index is 835. The zero-order valence-electron chi connectivity index (χ0n) is 14.8. The molecule has 0 aliphatic rings. The van der Waals surface area contributed by atoms with Crippen LogP contribution in [0, 0.1) is 0 Å². The molecule has 0 heterocycles. The van der Waals surface area contributed by atoms with Crippen LogP contribution in [0.2, 0.25) is 0 Å². The Morgan fingerprint density at radius 3 is 1.92 bits per heavy atom. The number of hydrogen-bond acceptors (Lipinski definition) is 3. The van der Waals surface area contributed by atoms with Crippen molar-refractivity contribution in [3.05, 3.63) is 90.0 Å². The van der Waals surface area contributed by atoms with Crippen LogP contribution in [0.4, 0.5) is 11.4 Å². The molecule has 0 aromatic heterocycles. The van der Waals surface area contributed by atoms with Crippen molar-refractivity contribution in [3.63, 3.8) is 0 Å². The second-order valence-electron chi connectivity index (χ2n) is 5.97. The lowest BCUT2D eigenvalue weighted by Crippen LogP contribution is -2.09. The number of methoxy groups -OCH3 is 1. The zero-order valence-corrected chi connectivity index (χ0v) is 14.8. The molecule has 0 radical (unpaired) electrons. The third-order valence-electron chi connectivity index (χ3n) is 4.02. The quantitative estimate of drug-likeness (QED) is 0.620. The average Bonchev–Trinajstić information content (AvgIpc) is 2.67. The van der Waals surface area contributed by atoms with Crippen LogP contribution < -0.4 is 9.64 Å². The number of benzene rings is 3. The van der Waals surface area contributed by atoms with E-state index in [0.29, 0.717) is 0 Å². The van der Waals surface area contributed by atoms with Crippen LogP contribution in [0.25, 0.3) is 0 Å². The minimum Gasteiger partial charge on any atom is -0.497 e. The van der Waals surface area contributed by atoms with E-state index in [-0.39, 0.29) is 0 Å². The summed E-state index contributed by atoms with van der Waals surface area (Å²) in [5.41, 5.74) is 5.21. The Labute approximate surface area is 149 Å². The van der Waals surface area contributed by atoms with Gasteiger partial charge in [0.25, 0.3) is 0 Å². The lowest BCUT2D eigenvalue weighted by molar-refractivity contribution is 0.415. The normalized spacial score (nSPS) is 11.2. The molecule has 0 amide bonds. The van der Waals surface area contributed by atoms with Gasteiger partial charge < -0.3 is 9.64 Å². The van der Waals surface area contributed by atoms with E-state index in [0.717, 1.165) is 28.3 Å². The van der Waals surface area contributed by atoms with Crippen molar-refractivity contribution in [3.8, 4) is 5.75 Å². The molecule has 3 nitrogen and oxygen atoms in total. The van der Waals surface area contributed by atoms with E-state index in [1.807, 2.05) is 56.6 Å². The van der Waals surface area contributed by atoms with Gasteiger partial charge in [0.2, 0.25) is 0 Å². The lowest BCUT2D eigenvalue weighted by Gasteiger charge is -2.14. The first-order chi connectivity index (χ1) is 12.2. The summed E-state index contributed by atoms with van der Waals surface area (Å²) >= 11 is 0. The fourth-order valence-electron chi connectivity index (χ4n) is 2.60. The van der Waals surface area contributed by atoms with Gasteiger partial charge in [0.05, 0.1) is 18.5 Å². The molecule has 0 unspecified atom stereocenters. The molecule has 0 atom stereocenters. The molecule has 3 aromatic rings. The number of anilines is 1. The van der Waals surface area contributed by atoms with Crippen LogP contribution in [-0.4, -0.2) is 26.9 Å². The Hall–Kier alpha value is -3.07. The Balaban J connectivity index is 2.04. The molecule has 0 fully saturated rings. The average molecular weight is 330 g/mol. The molecule has 126 valence electrons. The zero-order chi connectivity index (χ0) is 17.6. The second-order valence-corrected chi connectivity index (χ2v) is 5.97. The smallest absolute Gasteiger partial charge is 0.119 e. The van der Waals surface area contributed by atoms with Crippen LogP contribution in [0.1, 0.15) is 11.1 Å². The summed E-state index contributed by atoms with van der Waals surface area (Å²) in [5.74, 6) is 0.829. The highest BCUT2D eigenvalue weighted by atomic mass is 16.5. The maximum Gasteiger partial charge on any atom is 0.119 e. The number of nitrogens with zero attached hydrogens (tertiary/aromatic N) is 2. The molecular formula is C22H22N2O. The summed E-state index contributed by atoms with van der Waals surface area (Å²) < 4.78 is 5.23. The van der Waals surface area contributed by atoms with Crippen molar-refractivity contribution in [2.75, 3.05) is 26.1 Å². The minimum absolute atomic E-state index is 0.829. The molecule has 0 bridgehead atoms. The molecule has 3 heteroatoms. The molecule has 0 aliphatic carbocycles. The van der Waals surface area contributed by atoms with Gasteiger partial charge in [0, 0.05) is 30.9 Å². The predicted octanol–water partition coefficient (Wildman–Crippen LogP) is 4.93. The summed E-state index contributed by atoms with van der Waals surface area (Å²) in [6.07, 6.45) is 0. The second kappa shape index (κ2) is 7.67. The van der Waals surface area contributed by atoms with Gasteiger partial charge in [-0.15, -0.1) is 0 Å². The van der Waals surface area contributed by atoms with E-state index in [4.69, 9.17) is 9.73 Å². The topological polar surface area (TPSA) is 24.8 Å². The van der Waals surface area contributed by atoms with Crippen molar-refractivity contribution >= 4 is 17.1 Å². The molecule has 3 rings (SSSR count). The van der Waals surface area contributed by atoms with Crippen LogP contribution >= 0.6 is 0 Å². The summed E-state index contributed by atoms with van der Waals surface area (Å²) in [7, 11) is 5.75. The van der Waals surface area contributed by atoms with Crippen LogP contribution in [0.5, 0.6) is 5.75 Å². The van der Waals surface area contributed by atoms with Crippen LogP contribution in [0.3, 0.4) is 0 Å². The molecule has 0 saturated carbocycles. The molecule has 0 saturated heterocycles. The fourth-order valence-corrected chi connectivity index (χ4v) is 2.60. The Morgan fingerprint density at radius 1 is 0.760 bits per heavy atom. The molecule has 0 N–H and O–H groups in total. The molecule has 0 spiro atoms. The number of hydrogen-bond donors (Lipinski definition) is 0. The third-order valence-corrected chi connectivity index (χ3v) is 4.02. The standard InChI is InChI=1S/C22H22N2O/c1-24(2)20-13-9-18(10-14-20)22(17-7-5-4-6-8-17)23-19-11-15-21(25-3)16-12-19/h4-16H,1-3H3. The van der Waals surface area contributed by atoms with Crippen molar-refractivity contribution < 1.29 is 4.74 Å². The highest BCUT2D eigenvalue weighted by molar-refractivity contribution is 6.14. The SMILES string of the molecule is COc1ccc(N=C(c2ccccc2)c2ccc(N(C)C)cc2)cc1. The maximum absolute atomic E-state index is 5.23. The van der Waals surface area contributed by atoms with Crippen LogP contribution in [-0.2, 0) is 0 Å². The van der Waals surface area contributed by atoms with Gasteiger partial charge in [-0.3, -0.25) is 0 Å². The first-order valence-corrected chi connectivity index (χ1v) is 8.23. The largest absolute Gasteiger partial charge is 0.497 e. The van der Waals surface area contributed by atoms with Crippen LogP contribution in [0.15, 0.2) is 83.9 Å². The van der Waals surface area contributed by atoms with E-state index < -0.39 is 0 Å². The van der Waals surface area contributed by atoms with Gasteiger partial charge in [-0.25, -0.2) is 4.99 Å². The molecule has 25 heavy (non-hydrogen) atoms. The maximum atomic E-state index is 5.23. The lowest BCUT2D eigenvalue weighted by atomic mass is 10.0. The first-order valence-electron chi connectivity index (χ1n) is 8.23. The van der Waals surface area contributed by atoms with E-state index >= 15 is 0 Å². The van der Waals surface area contributed by atoms with E-state index in [1.165, 1.54) is 5.69 Å². The summed E-state index contributed by atoms with van der Waals surface area (Å²) in [4.78, 5) is 6.99. The Kier molecular flexibility index (Phi) is 5.14. The summed E-state index contributed by atoms with van der Waals surface area (Å²) in [6, 6.07) is 26.5. The van der Waals surface area contributed by atoms with E-state index in [9.17, 15) is 0 Å². The highest BCUT2D eigenvalue weighted by Crippen LogP contribution is 2.22. The monoisotopic (exact) mass is 330 g/mol. The Morgan fingerprint density at radius 2 is 1.36 bits per heavy atom. The van der Waals surface area contributed by atoms with Gasteiger partial charge in [-0.05, 0) is 36.4 Å². The molecule has 0 aliphatic heterocycles. The highest BCUT2D eigenvalue weighted by Gasteiger charge is 2.08. The van der Waals surface area contributed by atoms with Crippen molar-refractivity contribution in [1.29, 1.82) is 0 Å². The van der Waals surface area contributed by atoms with Gasteiger partial charge in [-0.2, -0.15) is 0 Å². The number of ether oxygens (including phenoxy) is 1. The van der Waals surface area contributed by atoms with E-state index in [2.05, 4.69) is 41.3 Å². The number of aliphatic imine (C=N–C) groups is 1. The predicted molar refractivity (Wildman–Crippen MR) is 106 cm³/mol. The van der Waals surface area contributed by atoms with Gasteiger partial charge in [0.15, 0.2) is 0 Å². The van der Waals surface area contributed by atoms with Gasteiger partial charge in [0.1, 0.15) is 5.75 Å². The van der Waals surface area contributed by atoms with Crippen molar-refractivity contribution in [2.24, 2.45) is 4.99 Å². The number of rotatable bonds is 5. The summed E-state index contributed by atoms with van der Waals surface area (Å²) in [6.45, 7) is 0. The summed E-state index contributed by atoms with van der Waals surface area (Å²) in [5, 5.41) is 0. The third kappa shape index (κ3) is 4.07. The van der Waals surface area contributed by atoms with Crippen molar-refractivity contribution in [1.82, 2.24) is 0 Å².